The van der Waals surface area contributed by atoms with Crippen molar-refractivity contribution in [3.05, 3.63) is 33.8 Å². The second-order valence-electron chi connectivity index (χ2n) is 5.89. The van der Waals surface area contributed by atoms with Gasteiger partial charge in [0.2, 0.25) is 0 Å². The van der Waals surface area contributed by atoms with Crippen LogP contribution in [0.1, 0.15) is 44.6 Å². The molecule has 2 rings (SSSR count). The van der Waals surface area contributed by atoms with Crippen molar-refractivity contribution >= 4 is 23.2 Å². The van der Waals surface area contributed by atoms with Gasteiger partial charge in [0.25, 0.3) is 0 Å². The fraction of sp³-hybridized carbons (Fsp3) is 0.625. The highest BCUT2D eigenvalue weighted by atomic mass is 35.5. The summed E-state index contributed by atoms with van der Waals surface area (Å²) in [6.07, 6.45) is 7.31. The van der Waals surface area contributed by atoms with E-state index < -0.39 is 0 Å². The zero-order valence-corrected chi connectivity index (χ0v) is 13.6. The van der Waals surface area contributed by atoms with Crippen LogP contribution in [0, 0.1) is 11.8 Å². The van der Waals surface area contributed by atoms with Crippen molar-refractivity contribution in [1.82, 2.24) is 5.43 Å². The third-order valence-corrected chi connectivity index (χ3v) is 5.51. The Bertz CT molecular complexity index is 436. The maximum absolute atomic E-state index is 6.29. The average molecular weight is 315 g/mol. The first-order chi connectivity index (χ1) is 9.65. The zero-order chi connectivity index (χ0) is 14.5. The smallest absolute Gasteiger partial charge is 0.0624 e. The van der Waals surface area contributed by atoms with Crippen LogP contribution in [0.15, 0.2) is 18.2 Å². The first-order valence-corrected chi connectivity index (χ1v) is 8.30. The molecule has 0 amide bonds. The highest BCUT2D eigenvalue weighted by Gasteiger charge is 2.27. The van der Waals surface area contributed by atoms with E-state index in [1.54, 1.807) is 0 Å². The van der Waals surface area contributed by atoms with Gasteiger partial charge in [0.1, 0.15) is 0 Å². The van der Waals surface area contributed by atoms with Crippen molar-refractivity contribution in [1.29, 1.82) is 0 Å². The summed E-state index contributed by atoms with van der Waals surface area (Å²) in [5.41, 5.74) is 4.09. The van der Waals surface area contributed by atoms with Crippen LogP contribution in [-0.4, -0.2) is 6.04 Å². The van der Waals surface area contributed by atoms with E-state index in [2.05, 4.69) is 12.3 Å². The molecule has 0 bridgehead atoms. The Morgan fingerprint density at radius 1 is 1.35 bits per heavy atom. The van der Waals surface area contributed by atoms with Crippen molar-refractivity contribution in [2.24, 2.45) is 17.7 Å². The molecule has 20 heavy (non-hydrogen) atoms. The van der Waals surface area contributed by atoms with Gasteiger partial charge in [-0.3, -0.25) is 11.3 Å². The van der Waals surface area contributed by atoms with Gasteiger partial charge in [-0.1, -0.05) is 61.5 Å². The van der Waals surface area contributed by atoms with Crippen LogP contribution in [0.5, 0.6) is 0 Å². The van der Waals surface area contributed by atoms with Crippen LogP contribution in [0.25, 0.3) is 0 Å². The molecule has 1 aliphatic rings. The second kappa shape index (κ2) is 7.65. The van der Waals surface area contributed by atoms with Crippen molar-refractivity contribution in [2.45, 2.75) is 51.5 Å². The Kier molecular flexibility index (Phi) is 6.16. The molecule has 0 saturated heterocycles. The third-order valence-electron chi connectivity index (χ3n) is 4.66. The molecule has 1 aliphatic carbocycles. The topological polar surface area (TPSA) is 38.0 Å². The average Bonchev–Trinajstić information content (AvgIpc) is 2.49. The van der Waals surface area contributed by atoms with Crippen molar-refractivity contribution in [3.63, 3.8) is 0 Å². The van der Waals surface area contributed by atoms with Crippen LogP contribution < -0.4 is 11.3 Å². The van der Waals surface area contributed by atoms with Crippen LogP contribution in [0.4, 0.5) is 0 Å². The number of hydrazine groups is 1. The van der Waals surface area contributed by atoms with Crippen molar-refractivity contribution < 1.29 is 0 Å². The largest absolute Gasteiger partial charge is 0.271 e. The first kappa shape index (κ1) is 16.1. The summed E-state index contributed by atoms with van der Waals surface area (Å²) >= 11 is 12.4. The third kappa shape index (κ3) is 3.88. The minimum absolute atomic E-state index is 0.278. The minimum Gasteiger partial charge on any atom is -0.271 e. The number of hydrogen-bond donors (Lipinski definition) is 2. The van der Waals surface area contributed by atoms with E-state index >= 15 is 0 Å². The van der Waals surface area contributed by atoms with Gasteiger partial charge in [0.05, 0.1) is 10.0 Å². The lowest BCUT2D eigenvalue weighted by molar-refractivity contribution is 0.208. The van der Waals surface area contributed by atoms with Gasteiger partial charge in [-0.25, -0.2) is 0 Å². The summed E-state index contributed by atoms with van der Waals surface area (Å²) in [5.74, 6) is 7.28. The second-order valence-corrected chi connectivity index (χ2v) is 6.68. The number of rotatable bonds is 5. The molecule has 1 saturated carbocycles. The number of benzene rings is 1. The number of hydrogen-bond acceptors (Lipinski definition) is 2. The molecular weight excluding hydrogens is 291 g/mol. The molecular formula is C16H24Cl2N2. The quantitative estimate of drug-likeness (QED) is 0.616. The van der Waals surface area contributed by atoms with Gasteiger partial charge in [-0.2, -0.15) is 0 Å². The molecule has 1 fully saturated rings. The molecule has 3 unspecified atom stereocenters. The van der Waals surface area contributed by atoms with Crippen molar-refractivity contribution in [2.75, 3.05) is 0 Å². The number of nitrogens with two attached hydrogens (primary N) is 1. The Morgan fingerprint density at radius 3 is 2.85 bits per heavy atom. The predicted molar refractivity (Wildman–Crippen MR) is 87.0 cm³/mol. The lowest BCUT2D eigenvalue weighted by Gasteiger charge is -2.34. The summed E-state index contributed by atoms with van der Waals surface area (Å²) in [4.78, 5) is 0. The van der Waals surface area contributed by atoms with E-state index in [0.717, 1.165) is 17.9 Å². The molecule has 0 heterocycles. The van der Waals surface area contributed by atoms with E-state index in [1.807, 2.05) is 18.2 Å². The maximum atomic E-state index is 6.29. The highest BCUT2D eigenvalue weighted by Crippen LogP contribution is 2.35. The number of halogens is 2. The van der Waals surface area contributed by atoms with E-state index in [-0.39, 0.29) is 6.04 Å². The van der Waals surface area contributed by atoms with Gasteiger partial charge >= 0.3 is 0 Å². The summed E-state index contributed by atoms with van der Waals surface area (Å²) in [6, 6.07) is 6.10. The first-order valence-electron chi connectivity index (χ1n) is 7.54. The summed E-state index contributed by atoms with van der Waals surface area (Å²) in [5, 5.41) is 1.28. The molecule has 1 aromatic carbocycles. The standard InChI is InChI=1S/C16H24Cl2N2/c1-2-11-5-3-6-12(9-11)15(20-19)10-13-7-4-8-14(17)16(13)18/h4,7-8,11-12,15,20H,2-3,5-6,9-10,19H2,1H3. The Balaban J connectivity index is 2.06. The zero-order valence-electron chi connectivity index (χ0n) is 12.0. The monoisotopic (exact) mass is 314 g/mol. The van der Waals surface area contributed by atoms with Gasteiger partial charge in [0, 0.05) is 6.04 Å². The molecule has 1 aromatic rings. The molecule has 3 N–H and O–H groups in total. The van der Waals surface area contributed by atoms with Crippen molar-refractivity contribution in [3.8, 4) is 0 Å². The maximum Gasteiger partial charge on any atom is 0.0624 e. The molecule has 0 radical (unpaired) electrons. The minimum atomic E-state index is 0.278. The lowest BCUT2D eigenvalue weighted by Crippen LogP contribution is -2.44. The van der Waals surface area contributed by atoms with E-state index in [9.17, 15) is 0 Å². The molecule has 2 nitrogen and oxygen atoms in total. The fourth-order valence-electron chi connectivity index (χ4n) is 3.37. The van der Waals surface area contributed by atoms with Crippen LogP contribution in [-0.2, 0) is 6.42 Å². The summed E-state index contributed by atoms with van der Waals surface area (Å²) in [6.45, 7) is 2.28. The molecule has 0 aliphatic heterocycles. The molecule has 4 heteroatoms. The molecule has 112 valence electrons. The SMILES string of the molecule is CCC1CCCC(C(Cc2cccc(Cl)c2Cl)NN)C1. The van der Waals surface area contributed by atoms with Gasteiger partial charge in [0.15, 0.2) is 0 Å². The Hall–Kier alpha value is -0.280. The molecule has 0 spiro atoms. The van der Waals surface area contributed by atoms with Gasteiger partial charge in [-0.15, -0.1) is 0 Å². The van der Waals surface area contributed by atoms with E-state index in [1.165, 1.54) is 32.1 Å². The van der Waals surface area contributed by atoms with E-state index in [0.29, 0.717) is 16.0 Å². The molecule has 0 aromatic heterocycles. The van der Waals surface area contributed by atoms with Gasteiger partial charge < -0.3 is 0 Å². The summed E-state index contributed by atoms with van der Waals surface area (Å²) < 4.78 is 0. The fourth-order valence-corrected chi connectivity index (χ4v) is 3.77. The van der Waals surface area contributed by atoms with E-state index in [4.69, 9.17) is 29.0 Å². The highest BCUT2D eigenvalue weighted by molar-refractivity contribution is 6.42. The van der Waals surface area contributed by atoms with Crippen LogP contribution in [0.2, 0.25) is 10.0 Å². The normalized spacial score (nSPS) is 24.6. The van der Waals surface area contributed by atoms with Crippen LogP contribution in [0.3, 0.4) is 0 Å². The number of nitrogens with one attached hydrogen (secondary N) is 1. The Labute approximate surface area is 132 Å². The lowest BCUT2D eigenvalue weighted by atomic mass is 9.75. The Morgan fingerprint density at radius 2 is 2.15 bits per heavy atom. The predicted octanol–water partition coefficient (Wildman–Crippen LogP) is 4.58. The van der Waals surface area contributed by atoms with Crippen LogP contribution >= 0.6 is 23.2 Å². The molecule has 3 atom stereocenters. The van der Waals surface area contributed by atoms with Gasteiger partial charge in [-0.05, 0) is 42.7 Å². The summed E-state index contributed by atoms with van der Waals surface area (Å²) in [7, 11) is 0.